The molecule has 0 saturated heterocycles. The Morgan fingerprint density at radius 1 is 1.06 bits per heavy atom. The molecule has 2 aromatic rings. The summed E-state index contributed by atoms with van der Waals surface area (Å²) in [5.74, 6) is -1.35. The zero-order chi connectivity index (χ0) is 13.1. The molecule has 0 heterocycles. The second-order valence-electron chi connectivity index (χ2n) is 3.73. The first-order valence-electron chi connectivity index (χ1n) is 5.18. The van der Waals surface area contributed by atoms with E-state index in [1.165, 1.54) is 6.07 Å². The molecule has 0 radical (unpaired) electrons. The van der Waals surface area contributed by atoms with Crippen molar-refractivity contribution in [3.05, 3.63) is 58.6 Å². The molecule has 0 saturated carbocycles. The summed E-state index contributed by atoms with van der Waals surface area (Å²) < 4.78 is 31.1. The molecule has 94 valence electrons. The molecule has 18 heavy (non-hydrogen) atoms. The van der Waals surface area contributed by atoms with Gasteiger partial charge in [0.1, 0.15) is 12.4 Å². The Kier molecular flexibility index (Phi) is 3.67. The molecule has 2 nitrogen and oxygen atoms in total. The molecular formula is C13H10ClF2NO. The minimum absolute atomic E-state index is 0.0981. The lowest BCUT2D eigenvalue weighted by Crippen LogP contribution is -1.98. The zero-order valence-electron chi connectivity index (χ0n) is 9.29. The van der Waals surface area contributed by atoms with Crippen molar-refractivity contribution in [2.75, 3.05) is 5.73 Å². The molecule has 0 spiro atoms. The van der Waals surface area contributed by atoms with Gasteiger partial charge < -0.3 is 10.5 Å². The van der Waals surface area contributed by atoms with Crippen LogP contribution in [0.25, 0.3) is 0 Å². The van der Waals surface area contributed by atoms with Crippen LogP contribution in [0.4, 0.5) is 14.5 Å². The van der Waals surface area contributed by atoms with Gasteiger partial charge in [0.2, 0.25) is 0 Å². The fraction of sp³-hybridized carbons (Fsp3) is 0.0769. The molecule has 0 atom stereocenters. The number of rotatable bonds is 3. The average Bonchev–Trinajstić information content (AvgIpc) is 2.32. The monoisotopic (exact) mass is 269 g/mol. The van der Waals surface area contributed by atoms with E-state index in [9.17, 15) is 8.78 Å². The maximum atomic E-state index is 13.0. The van der Waals surface area contributed by atoms with Crippen molar-refractivity contribution < 1.29 is 13.5 Å². The van der Waals surface area contributed by atoms with Crippen LogP contribution in [-0.2, 0) is 6.61 Å². The summed E-state index contributed by atoms with van der Waals surface area (Å²) >= 11 is 5.91. The first-order valence-corrected chi connectivity index (χ1v) is 5.56. The Labute approximate surface area is 108 Å². The number of halogens is 3. The number of nitrogens with two attached hydrogens (primary N) is 1. The molecule has 0 aromatic heterocycles. The van der Waals surface area contributed by atoms with E-state index >= 15 is 0 Å². The van der Waals surface area contributed by atoms with Gasteiger partial charge in [-0.1, -0.05) is 17.7 Å². The van der Waals surface area contributed by atoms with Crippen LogP contribution in [0.3, 0.4) is 0 Å². The van der Waals surface area contributed by atoms with Crippen LogP contribution in [0.5, 0.6) is 5.75 Å². The van der Waals surface area contributed by atoms with E-state index < -0.39 is 11.6 Å². The maximum absolute atomic E-state index is 13.0. The Hall–Kier alpha value is -1.81. The summed E-state index contributed by atoms with van der Waals surface area (Å²) in [6, 6.07) is 8.41. The Morgan fingerprint density at radius 2 is 1.83 bits per heavy atom. The molecule has 0 aliphatic rings. The fourth-order valence-corrected chi connectivity index (χ4v) is 1.67. The van der Waals surface area contributed by atoms with Crippen molar-refractivity contribution in [3.8, 4) is 5.75 Å². The Bertz CT molecular complexity index is 575. The summed E-state index contributed by atoms with van der Waals surface area (Å²) in [6.45, 7) is 0.0981. The fourth-order valence-electron chi connectivity index (χ4n) is 1.42. The average molecular weight is 270 g/mol. The lowest BCUT2D eigenvalue weighted by atomic mass is 10.2. The van der Waals surface area contributed by atoms with Crippen molar-refractivity contribution >= 4 is 17.3 Å². The van der Waals surface area contributed by atoms with Crippen molar-refractivity contribution in [1.29, 1.82) is 0 Å². The van der Waals surface area contributed by atoms with Gasteiger partial charge in [0.25, 0.3) is 0 Å². The lowest BCUT2D eigenvalue weighted by molar-refractivity contribution is 0.305. The van der Waals surface area contributed by atoms with E-state index in [2.05, 4.69) is 0 Å². The van der Waals surface area contributed by atoms with Gasteiger partial charge >= 0.3 is 0 Å². The van der Waals surface area contributed by atoms with Gasteiger partial charge in [-0.15, -0.1) is 0 Å². The smallest absolute Gasteiger partial charge is 0.159 e. The zero-order valence-corrected chi connectivity index (χ0v) is 10.0. The van der Waals surface area contributed by atoms with E-state index in [-0.39, 0.29) is 6.61 Å². The first kappa shape index (κ1) is 12.6. The molecule has 0 fully saturated rings. The van der Waals surface area contributed by atoms with Crippen LogP contribution in [0.2, 0.25) is 5.02 Å². The van der Waals surface area contributed by atoms with E-state index in [0.717, 1.165) is 12.1 Å². The van der Waals surface area contributed by atoms with E-state index in [0.29, 0.717) is 22.0 Å². The molecule has 0 bridgehead atoms. The predicted octanol–water partition coefficient (Wildman–Crippen LogP) is 3.78. The molecule has 0 aliphatic carbocycles. The van der Waals surface area contributed by atoms with Crippen LogP contribution < -0.4 is 10.5 Å². The highest BCUT2D eigenvalue weighted by molar-refractivity contribution is 6.32. The third-order valence-corrected chi connectivity index (χ3v) is 2.63. The number of anilines is 1. The van der Waals surface area contributed by atoms with Gasteiger partial charge in [-0.3, -0.25) is 0 Å². The minimum Gasteiger partial charge on any atom is -0.487 e. The summed E-state index contributed by atoms with van der Waals surface area (Å²) in [6.07, 6.45) is 0. The molecule has 2 aromatic carbocycles. The number of hydrogen-bond acceptors (Lipinski definition) is 2. The van der Waals surface area contributed by atoms with Gasteiger partial charge in [-0.2, -0.15) is 0 Å². The highest BCUT2D eigenvalue weighted by Crippen LogP contribution is 2.27. The van der Waals surface area contributed by atoms with E-state index in [1.54, 1.807) is 18.2 Å². The third kappa shape index (κ3) is 2.90. The Morgan fingerprint density at radius 3 is 2.50 bits per heavy atom. The van der Waals surface area contributed by atoms with Crippen molar-refractivity contribution in [3.63, 3.8) is 0 Å². The van der Waals surface area contributed by atoms with Gasteiger partial charge in [0, 0.05) is 5.69 Å². The summed E-state index contributed by atoms with van der Waals surface area (Å²) in [4.78, 5) is 0. The number of nitrogen functional groups attached to an aromatic ring is 1. The molecule has 2 rings (SSSR count). The van der Waals surface area contributed by atoms with E-state index in [4.69, 9.17) is 22.1 Å². The highest BCUT2D eigenvalue weighted by atomic mass is 35.5. The van der Waals surface area contributed by atoms with Crippen LogP contribution in [0.1, 0.15) is 5.56 Å². The van der Waals surface area contributed by atoms with Crippen LogP contribution in [0, 0.1) is 11.6 Å². The summed E-state index contributed by atoms with van der Waals surface area (Å²) in [5.41, 5.74) is 6.58. The molecular weight excluding hydrogens is 260 g/mol. The van der Waals surface area contributed by atoms with Crippen LogP contribution in [0.15, 0.2) is 36.4 Å². The minimum atomic E-state index is -0.903. The van der Waals surface area contributed by atoms with Crippen molar-refractivity contribution in [2.24, 2.45) is 0 Å². The third-order valence-electron chi connectivity index (χ3n) is 2.33. The van der Waals surface area contributed by atoms with Crippen LogP contribution >= 0.6 is 11.6 Å². The van der Waals surface area contributed by atoms with Gasteiger partial charge in [0.05, 0.1) is 5.02 Å². The largest absolute Gasteiger partial charge is 0.487 e. The SMILES string of the molecule is Nc1ccc(OCc2ccc(F)c(F)c2)c(Cl)c1. The number of hydrogen-bond donors (Lipinski definition) is 1. The molecule has 2 N–H and O–H groups in total. The standard InChI is InChI=1S/C13H10ClF2NO/c14-10-6-9(17)2-4-13(10)18-7-8-1-3-11(15)12(16)5-8/h1-6H,7,17H2. The van der Waals surface area contributed by atoms with Crippen molar-refractivity contribution in [1.82, 2.24) is 0 Å². The summed E-state index contributed by atoms with van der Waals surface area (Å²) in [7, 11) is 0. The lowest BCUT2D eigenvalue weighted by Gasteiger charge is -2.08. The van der Waals surface area contributed by atoms with Gasteiger partial charge in [-0.05, 0) is 35.9 Å². The number of ether oxygens (including phenoxy) is 1. The highest BCUT2D eigenvalue weighted by Gasteiger charge is 2.05. The second-order valence-corrected chi connectivity index (χ2v) is 4.13. The number of benzene rings is 2. The molecule has 0 aliphatic heterocycles. The van der Waals surface area contributed by atoms with Gasteiger partial charge in [-0.25, -0.2) is 8.78 Å². The predicted molar refractivity (Wildman–Crippen MR) is 66.6 cm³/mol. The normalized spacial score (nSPS) is 10.4. The van der Waals surface area contributed by atoms with Gasteiger partial charge in [0.15, 0.2) is 11.6 Å². The Balaban J connectivity index is 2.09. The topological polar surface area (TPSA) is 35.2 Å². The summed E-state index contributed by atoms with van der Waals surface area (Å²) in [5, 5.41) is 0.373. The van der Waals surface area contributed by atoms with E-state index in [1.807, 2.05) is 0 Å². The molecule has 5 heteroatoms. The molecule has 0 unspecified atom stereocenters. The molecule has 0 amide bonds. The quantitative estimate of drug-likeness (QED) is 0.861. The first-order chi connectivity index (χ1) is 8.56. The maximum Gasteiger partial charge on any atom is 0.159 e. The second kappa shape index (κ2) is 5.23. The van der Waals surface area contributed by atoms with Crippen LogP contribution in [-0.4, -0.2) is 0 Å². The van der Waals surface area contributed by atoms with Crippen molar-refractivity contribution in [2.45, 2.75) is 6.61 Å².